The summed E-state index contributed by atoms with van der Waals surface area (Å²) in [7, 11) is 0. The Morgan fingerprint density at radius 3 is 2.62 bits per heavy atom. The fourth-order valence-electron chi connectivity index (χ4n) is 4.17. The van der Waals surface area contributed by atoms with Crippen molar-refractivity contribution in [2.24, 2.45) is 5.92 Å². The first kappa shape index (κ1) is 22.3. The Bertz CT molecular complexity index is 961. The molecule has 8 nitrogen and oxygen atoms in total. The first-order valence-electron chi connectivity index (χ1n) is 11.2. The van der Waals surface area contributed by atoms with Crippen molar-refractivity contribution in [2.75, 3.05) is 47.8 Å². The maximum absolute atomic E-state index is 12.6. The van der Waals surface area contributed by atoms with Gasteiger partial charge in [0.1, 0.15) is 5.82 Å². The van der Waals surface area contributed by atoms with Crippen molar-refractivity contribution in [3.05, 3.63) is 41.0 Å². The third kappa shape index (κ3) is 5.48. The number of nitrogens with one attached hydrogen (secondary N) is 2. The third-order valence-electron chi connectivity index (χ3n) is 5.86. The molecule has 1 atom stereocenters. The minimum Gasteiger partial charge on any atom is -0.356 e. The highest BCUT2D eigenvalue weighted by atomic mass is 35.5. The molecule has 2 N–H and O–H groups in total. The molecule has 2 saturated heterocycles. The van der Waals surface area contributed by atoms with Gasteiger partial charge in [-0.1, -0.05) is 11.6 Å². The van der Waals surface area contributed by atoms with E-state index in [9.17, 15) is 9.59 Å². The number of benzene rings is 1. The molecule has 0 radical (unpaired) electrons. The Labute approximate surface area is 193 Å². The molecule has 1 aromatic heterocycles. The zero-order chi connectivity index (χ0) is 22.5. The van der Waals surface area contributed by atoms with Gasteiger partial charge in [-0.15, -0.1) is 0 Å². The van der Waals surface area contributed by atoms with Crippen LogP contribution in [0.3, 0.4) is 0 Å². The molecule has 4 rings (SSSR count). The van der Waals surface area contributed by atoms with Gasteiger partial charge in [0.25, 0.3) is 0 Å². The molecule has 32 heavy (non-hydrogen) atoms. The normalized spacial score (nSPS) is 18.7. The van der Waals surface area contributed by atoms with Crippen molar-refractivity contribution in [3.63, 3.8) is 0 Å². The van der Waals surface area contributed by atoms with Crippen molar-refractivity contribution >= 4 is 40.9 Å². The lowest BCUT2D eigenvalue weighted by atomic mass is 10.1. The van der Waals surface area contributed by atoms with Crippen LogP contribution in [0.5, 0.6) is 0 Å². The van der Waals surface area contributed by atoms with Crippen molar-refractivity contribution in [1.82, 2.24) is 15.3 Å². The van der Waals surface area contributed by atoms with E-state index in [0.717, 1.165) is 30.3 Å². The zero-order valence-corrected chi connectivity index (χ0v) is 19.1. The smallest absolute Gasteiger partial charge is 0.227 e. The van der Waals surface area contributed by atoms with Crippen molar-refractivity contribution in [3.8, 4) is 0 Å². The van der Waals surface area contributed by atoms with E-state index in [1.54, 1.807) is 29.2 Å². The van der Waals surface area contributed by atoms with Crippen LogP contribution in [-0.2, 0) is 9.59 Å². The van der Waals surface area contributed by atoms with Gasteiger partial charge in [0.2, 0.25) is 17.8 Å². The lowest BCUT2D eigenvalue weighted by Gasteiger charge is -2.28. The summed E-state index contributed by atoms with van der Waals surface area (Å²) in [5.41, 5.74) is 1.68. The molecule has 2 aliphatic heterocycles. The van der Waals surface area contributed by atoms with E-state index in [-0.39, 0.29) is 24.2 Å². The van der Waals surface area contributed by atoms with Crippen LogP contribution in [0.1, 0.15) is 31.4 Å². The Morgan fingerprint density at radius 1 is 1.12 bits per heavy atom. The average molecular weight is 457 g/mol. The van der Waals surface area contributed by atoms with E-state index in [1.165, 1.54) is 19.3 Å². The molecule has 170 valence electrons. The lowest BCUT2D eigenvalue weighted by molar-refractivity contribution is -0.126. The number of carbonyl (C=O) groups is 2. The molecule has 2 aromatic rings. The van der Waals surface area contributed by atoms with E-state index in [2.05, 4.69) is 25.5 Å². The molecule has 0 saturated carbocycles. The topological polar surface area (TPSA) is 90.5 Å². The van der Waals surface area contributed by atoms with Gasteiger partial charge in [0.05, 0.1) is 5.92 Å². The zero-order valence-electron chi connectivity index (χ0n) is 18.3. The minimum atomic E-state index is -0.362. The summed E-state index contributed by atoms with van der Waals surface area (Å²) in [6, 6.07) is 9.09. The molecule has 0 aliphatic carbocycles. The summed E-state index contributed by atoms with van der Waals surface area (Å²) in [5.74, 6) is 0.999. The molecule has 2 aliphatic rings. The van der Waals surface area contributed by atoms with Crippen LogP contribution in [-0.4, -0.2) is 54.5 Å². The predicted molar refractivity (Wildman–Crippen MR) is 126 cm³/mol. The highest BCUT2D eigenvalue weighted by Gasteiger charge is 2.34. The molecule has 0 spiro atoms. The summed E-state index contributed by atoms with van der Waals surface area (Å²) in [6.07, 6.45) is 3.87. The number of piperidine rings is 1. The van der Waals surface area contributed by atoms with Gasteiger partial charge >= 0.3 is 0 Å². The van der Waals surface area contributed by atoms with Gasteiger partial charge in [0, 0.05) is 61.6 Å². The number of carbonyl (C=O) groups excluding carboxylic acids is 2. The molecular weight excluding hydrogens is 428 g/mol. The standard InChI is InChI=1S/C23H29ClN6O2/c1-16-13-20(29-11-3-2-4-12-29)28-23(27-16)26-10-9-25-22(32)17-14-21(31)30(15-17)19-7-5-18(24)6-8-19/h5-8,13,17H,2-4,9-12,14-15H2,1H3,(H,25,32)(H,26,27,28). The first-order chi connectivity index (χ1) is 15.5. The van der Waals surface area contributed by atoms with Crippen LogP contribution in [0.25, 0.3) is 0 Å². The minimum absolute atomic E-state index is 0.0519. The Kier molecular flexibility index (Phi) is 7.09. The number of rotatable bonds is 7. The van der Waals surface area contributed by atoms with Gasteiger partial charge in [-0.2, -0.15) is 4.98 Å². The lowest BCUT2D eigenvalue weighted by Crippen LogP contribution is -2.35. The summed E-state index contributed by atoms with van der Waals surface area (Å²) >= 11 is 5.92. The summed E-state index contributed by atoms with van der Waals surface area (Å²) in [6.45, 7) is 5.33. The molecule has 1 aromatic carbocycles. The summed E-state index contributed by atoms with van der Waals surface area (Å²) in [5, 5.41) is 6.74. The van der Waals surface area contributed by atoms with Gasteiger partial charge < -0.3 is 20.4 Å². The monoisotopic (exact) mass is 456 g/mol. The van der Waals surface area contributed by atoms with Crippen molar-refractivity contribution < 1.29 is 9.59 Å². The van der Waals surface area contributed by atoms with Crippen LogP contribution >= 0.6 is 11.6 Å². The van der Waals surface area contributed by atoms with Crippen molar-refractivity contribution in [1.29, 1.82) is 0 Å². The van der Waals surface area contributed by atoms with Crippen LogP contribution < -0.4 is 20.4 Å². The van der Waals surface area contributed by atoms with E-state index in [4.69, 9.17) is 11.6 Å². The second kappa shape index (κ2) is 10.2. The first-order valence-corrected chi connectivity index (χ1v) is 11.6. The number of nitrogens with zero attached hydrogens (tertiary/aromatic N) is 4. The molecule has 0 bridgehead atoms. The largest absolute Gasteiger partial charge is 0.356 e. The van der Waals surface area contributed by atoms with E-state index < -0.39 is 0 Å². The van der Waals surface area contributed by atoms with Crippen LogP contribution in [0, 0.1) is 12.8 Å². The van der Waals surface area contributed by atoms with Crippen LogP contribution in [0.15, 0.2) is 30.3 Å². The predicted octanol–water partition coefficient (Wildman–Crippen LogP) is 3.01. The molecule has 2 amide bonds. The fraction of sp³-hybridized carbons (Fsp3) is 0.478. The number of aromatic nitrogens is 2. The average Bonchev–Trinajstić information content (AvgIpc) is 3.19. The van der Waals surface area contributed by atoms with Gasteiger partial charge in [-0.3, -0.25) is 9.59 Å². The second-order valence-corrected chi connectivity index (χ2v) is 8.77. The number of aryl methyl sites for hydroxylation is 1. The molecular formula is C23H29ClN6O2. The Morgan fingerprint density at radius 2 is 1.88 bits per heavy atom. The molecule has 9 heteroatoms. The van der Waals surface area contributed by atoms with Crippen LogP contribution in [0.2, 0.25) is 5.02 Å². The van der Waals surface area contributed by atoms with E-state index in [1.807, 2.05) is 13.0 Å². The highest BCUT2D eigenvalue weighted by molar-refractivity contribution is 6.30. The quantitative estimate of drug-likeness (QED) is 0.622. The van der Waals surface area contributed by atoms with Crippen molar-refractivity contribution in [2.45, 2.75) is 32.6 Å². The van der Waals surface area contributed by atoms with E-state index >= 15 is 0 Å². The third-order valence-corrected chi connectivity index (χ3v) is 6.11. The van der Waals surface area contributed by atoms with Gasteiger partial charge in [0.15, 0.2) is 0 Å². The van der Waals surface area contributed by atoms with Crippen LogP contribution in [0.4, 0.5) is 17.5 Å². The maximum Gasteiger partial charge on any atom is 0.227 e. The molecule has 2 fully saturated rings. The number of hydrogen-bond acceptors (Lipinski definition) is 6. The number of halogens is 1. The SMILES string of the molecule is Cc1cc(N2CCCCC2)nc(NCCNC(=O)C2CC(=O)N(c3ccc(Cl)cc3)C2)n1. The number of amides is 2. The number of anilines is 3. The Hall–Kier alpha value is -2.87. The van der Waals surface area contributed by atoms with Gasteiger partial charge in [-0.05, 0) is 50.5 Å². The number of hydrogen-bond donors (Lipinski definition) is 2. The fourth-order valence-corrected chi connectivity index (χ4v) is 4.30. The van der Waals surface area contributed by atoms with Gasteiger partial charge in [-0.25, -0.2) is 4.98 Å². The molecule has 1 unspecified atom stereocenters. The summed E-state index contributed by atoms with van der Waals surface area (Å²) < 4.78 is 0. The molecule has 3 heterocycles. The summed E-state index contributed by atoms with van der Waals surface area (Å²) in [4.78, 5) is 38.0. The highest BCUT2D eigenvalue weighted by Crippen LogP contribution is 2.26. The van der Waals surface area contributed by atoms with E-state index in [0.29, 0.717) is 30.6 Å². The second-order valence-electron chi connectivity index (χ2n) is 8.34. The maximum atomic E-state index is 12.6. The Balaban J connectivity index is 1.25.